The first kappa shape index (κ1) is 17.5. The zero-order valence-electron chi connectivity index (χ0n) is 13.8. The molecule has 1 aromatic heterocycles. The third-order valence-electron chi connectivity index (χ3n) is 4.50. The minimum Gasteiger partial charge on any atom is -0.466 e. The van der Waals surface area contributed by atoms with Crippen molar-refractivity contribution < 1.29 is 22.7 Å². The number of hydrogen-bond acceptors (Lipinski definition) is 4. The Bertz CT molecular complexity index is 768. The van der Waals surface area contributed by atoms with E-state index in [4.69, 9.17) is 4.74 Å². The number of hydrogen-bond donors (Lipinski definition) is 0. The van der Waals surface area contributed by atoms with Crippen molar-refractivity contribution in [2.75, 3.05) is 24.6 Å². The Kier molecular flexibility index (Phi) is 4.83. The Morgan fingerprint density at radius 3 is 2.64 bits per heavy atom. The van der Waals surface area contributed by atoms with E-state index in [1.54, 1.807) is 13.0 Å². The van der Waals surface area contributed by atoms with Gasteiger partial charge in [0, 0.05) is 30.4 Å². The van der Waals surface area contributed by atoms with E-state index in [1.807, 2.05) is 0 Å². The molecular weight excluding hydrogens is 333 g/mol. The van der Waals surface area contributed by atoms with Gasteiger partial charge < -0.3 is 9.64 Å². The number of nitrogens with zero attached hydrogens (tertiary/aromatic N) is 2. The Morgan fingerprint density at radius 2 is 2.00 bits per heavy atom. The van der Waals surface area contributed by atoms with Gasteiger partial charge in [0.15, 0.2) is 0 Å². The summed E-state index contributed by atoms with van der Waals surface area (Å²) in [6.07, 6.45) is -1.52. The van der Waals surface area contributed by atoms with Crippen LogP contribution >= 0.6 is 0 Å². The maximum absolute atomic E-state index is 12.9. The number of halogens is 3. The van der Waals surface area contributed by atoms with E-state index in [-0.39, 0.29) is 11.9 Å². The van der Waals surface area contributed by atoms with Crippen molar-refractivity contribution in [3.63, 3.8) is 0 Å². The quantitative estimate of drug-likeness (QED) is 0.782. The number of ether oxygens (including phenoxy) is 1. The molecule has 0 bridgehead atoms. The number of carbonyl (C=O) groups is 1. The van der Waals surface area contributed by atoms with E-state index in [0.717, 1.165) is 17.8 Å². The van der Waals surface area contributed by atoms with Gasteiger partial charge in [0.1, 0.15) is 0 Å². The number of benzene rings is 1. The van der Waals surface area contributed by atoms with Crippen LogP contribution in [-0.4, -0.2) is 30.6 Å². The Morgan fingerprint density at radius 1 is 1.28 bits per heavy atom. The molecule has 2 aromatic rings. The van der Waals surface area contributed by atoms with Crippen LogP contribution in [0.15, 0.2) is 30.5 Å². The first-order valence-electron chi connectivity index (χ1n) is 8.27. The largest absolute Gasteiger partial charge is 0.466 e. The number of alkyl halides is 3. The van der Waals surface area contributed by atoms with E-state index in [9.17, 15) is 18.0 Å². The summed E-state index contributed by atoms with van der Waals surface area (Å²) in [7, 11) is 0. The van der Waals surface area contributed by atoms with Gasteiger partial charge in [-0.3, -0.25) is 9.78 Å². The Hall–Kier alpha value is -2.31. The molecule has 0 atom stereocenters. The maximum atomic E-state index is 12.9. The van der Waals surface area contributed by atoms with Gasteiger partial charge in [-0.15, -0.1) is 0 Å². The highest BCUT2D eigenvalue weighted by atomic mass is 19.4. The standard InChI is InChI=1S/C18H19F3N2O2/c1-2-25-17(24)12-6-9-23(10-7-12)16-5-8-22-15-11-13(18(19,20)21)3-4-14(15)16/h3-5,8,11-12H,2,6-7,9-10H2,1H3. The lowest BCUT2D eigenvalue weighted by Crippen LogP contribution is -2.37. The summed E-state index contributed by atoms with van der Waals surface area (Å²) in [5.41, 5.74) is 0.464. The van der Waals surface area contributed by atoms with E-state index >= 15 is 0 Å². The fraction of sp³-hybridized carbons (Fsp3) is 0.444. The molecule has 0 saturated carbocycles. The number of aromatic nitrogens is 1. The minimum atomic E-state index is -4.39. The molecule has 3 rings (SSSR count). The zero-order valence-corrected chi connectivity index (χ0v) is 13.8. The smallest absolute Gasteiger partial charge is 0.416 e. The SMILES string of the molecule is CCOC(=O)C1CCN(c2ccnc3cc(C(F)(F)F)ccc23)CC1. The van der Waals surface area contributed by atoms with Gasteiger partial charge in [-0.1, -0.05) is 6.07 Å². The summed E-state index contributed by atoms with van der Waals surface area (Å²) >= 11 is 0. The number of rotatable bonds is 3. The molecule has 0 spiro atoms. The third kappa shape index (κ3) is 3.70. The van der Waals surface area contributed by atoms with Crippen molar-refractivity contribution in [3.05, 3.63) is 36.0 Å². The van der Waals surface area contributed by atoms with Crippen LogP contribution in [-0.2, 0) is 15.7 Å². The van der Waals surface area contributed by atoms with E-state index in [0.29, 0.717) is 43.4 Å². The van der Waals surface area contributed by atoms with Crippen LogP contribution in [0.3, 0.4) is 0 Å². The minimum absolute atomic E-state index is 0.110. The number of fused-ring (bicyclic) bond motifs is 1. The first-order valence-corrected chi connectivity index (χ1v) is 8.27. The van der Waals surface area contributed by atoms with Crippen LogP contribution in [0, 0.1) is 5.92 Å². The van der Waals surface area contributed by atoms with Gasteiger partial charge in [0.25, 0.3) is 0 Å². The second-order valence-corrected chi connectivity index (χ2v) is 6.07. The first-order chi connectivity index (χ1) is 11.9. The van der Waals surface area contributed by atoms with Crippen molar-refractivity contribution in [2.24, 2.45) is 5.92 Å². The van der Waals surface area contributed by atoms with Gasteiger partial charge in [-0.25, -0.2) is 0 Å². The number of carbonyl (C=O) groups excluding carboxylic acids is 1. The van der Waals surface area contributed by atoms with Crippen molar-refractivity contribution in [2.45, 2.75) is 25.9 Å². The van der Waals surface area contributed by atoms with Crippen LogP contribution in [0.5, 0.6) is 0 Å². The zero-order chi connectivity index (χ0) is 18.0. The van der Waals surface area contributed by atoms with Crippen molar-refractivity contribution in [3.8, 4) is 0 Å². The van der Waals surface area contributed by atoms with Crippen LogP contribution in [0.2, 0.25) is 0 Å². The molecule has 1 aliphatic heterocycles. The third-order valence-corrected chi connectivity index (χ3v) is 4.50. The molecule has 0 radical (unpaired) electrons. The van der Waals surface area contributed by atoms with Crippen molar-refractivity contribution >= 4 is 22.6 Å². The van der Waals surface area contributed by atoms with Gasteiger partial charge in [-0.05, 0) is 38.0 Å². The Labute approximate surface area is 143 Å². The molecule has 1 aromatic carbocycles. The van der Waals surface area contributed by atoms with Gasteiger partial charge >= 0.3 is 12.1 Å². The van der Waals surface area contributed by atoms with Gasteiger partial charge in [0.05, 0.1) is 23.6 Å². The summed E-state index contributed by atoms with van der Waals surface area (Å²) in [6.45, 7) is 3.47. The Balaban J connectivity index is 1.82. The predicted molar refractivity (Wildman–Crippen MR) is 88.3 cm³/mol. The fourth-order valence-corrected chi connectivity index (χ4v) is 3.20. The highest BCUT2D eigenvalue weighted by molar-refractivity contribution is 5.92. The molecule has 0 amide bonds. The average molecular weight is 352 g/mol. The number of piperidine rings is 1. The van der Waals surface area contributed by atoms with Crippen molar-refractivity contribution in [1.82, 2.24) is 4.98 Å². The topological polar surface area (TPSA) is 42.4 Å². The number of anilines is 1. The molecular formula is C18H19F3N2O2. The molecule has 25 heavy (non-hydrogen) atoms. The lowest BCUT2D eigenvalue weighted by Gasteiger charge is -2.33. The maximum Gasteiger partial charge on any atom is 0.416 e. The normalized spacial score (nSPS) is 16.2. The molecule has 2 heterocycles. The lowest BCUT2D eigenvalue weighted by atomic mass is 9.96. The van der Waals surface area contributed by atoms with Crippen LogP contribution in [0.25, 0.3) is 10.9 Å². The van der Waals surface area contributed by atoms with Gasteiger partial charge in [0.2, 0.25) is 0 Å². The highest BCUT2D eigenvalue weighted by Crippen LogP contribution is 2.34. The number of pyridine rings is 1. The molecule has 1 saturated heterocycles. The summed E-state index contributed by atoms with van der Waals surface area (Å²) < 4.78 is 43.7. The fourth-order valence-electron chi connectivity index (χ4n) is 3.20. The van der Waals surface area contributed by atoms with Gasteiger partial charge in [-0.2, -0.15) is 13.2 Å². The molecule has 0 unspecified atom stereocenters. The van der Waals surface area contributed by atoms with E-state index in [1.165, 1.54) is 12.3 Å². The van der Waals surface area contributed by atoms with Crippen LogP contribution in [0.4, 0.5) is 18.9 Å². The van der Waals surface area contributed by atoms with E-state index in [2.05, 4.69) is 9.88 Å². The summed E-state index contributed by atoms with van der Waals surface area (Å²) in [4.78, 5) is 18.0. The lowest BCUT2D eigenvalue weighted by molar-refractivity contribution is -0.148. The van der Waals surface area contributed by atoms with E-state index < -0.39 is 11.7 Å². The molecule has 1 aliphatic rings. The summed E-state index contributed by atoms with van der Waals surface area (Å²) in [5.74, 6) is -0.280. The molecule has 7 heteroatoms. The van der Waals surface area contributed by atoms with Crippen LogP contribution < -0.4 is 4.90 Å². The van der Waals surface area contributed by atoms with Crippen molar-refractivity contribution in [1.29, 1.82) is 0 Å². The van der Waals surface area contributed by atoms with Crippen LogP contribution in [0.1, 0.15) is 25.3 Å². The molecule has 134 valence electrons. The summed E-state index contributed by atoms with van der Waals surface area (Å²) in [6, 6.07) is 5.43. The summed E-state index contributed by atoms with van der Waals surface area (Å²) in [5, 5.41) is 0.685. The predicted octanol–water partition coefficient (Wildman–Crippen LogP) is 4.03. The second-order valence-electron chi connectivity index (χ2n) is 6.07. The molecule has 4 nitrogen and oxygen atoms in total. The highest BCUT2D eigenvalue weighted by Gasteiger charge is 2.31. The molecule has 0 N–H and O–H groups in total. The average Bonchev–Trinajstić information content (AvgIpc) is 2.60. The monoisotopic (exact) mass is 352 g/mol. The molecule has 0 aliphatic carbocycles. The second kappa shape index (κ2) is 6.90. The molecule has 1 fully saturated rings. The number of esters is 1.